The van der Waals surface area contributed by atoms with Crippen LogP contribution in [0.25, 0.3) is 22.0 Å². The molecule has 3 aromatic rings. The van der Waals surface area contributed by atoms with Crippen molar-refractivity contribution in [2.75, 3.05) is 6.54 Å². The van der Waals surface area contributed by atoms with E-state index in [9.17, 15) is 9.59 Å². The summed E-state index contributed by atoms with van der Waals surface area (Å²) in [5.74, 6) is -0.416. The van der Waals surface area contributed by atoms with Crippen molar-refractivity contribution >= 4 is 57.7 Å². The molecule has 0 bridgehead atoms. The van der Waals surface area contributed by atoms with Gasteiger partial charge in [-0.05, 0) is 35.9 Å². The molecule has 1 amide bonds. The zero-order valence-corrected chi connectivity index (χ0v) is 14.9. The van der Waals surface area contributed by atoms with E-state index in [0.29, 0.717) is 20.6 Å². The molecule has 0 aliphatic rings. The number of benzene rings is 2. The molecule has 0 aliphatic heterocycles. The van der Waals surface area contributed by atoms with Gasteiger partial charge in [0.05, 0.1) is 15.6 Å². The van der Waals surface area contributed by atoms with Gasteiger partial charge in [-0.15, -0.1) is 0 Å². The summed E-state index contributed by atoms with van der Waals surface area (Å²) in [7, 11) is 0. The molecule has 3 rings (SSSR count). The standard InChI is InChI=1S/C17H11Cl3N2O3/c18-10-2-4-15-11(6-10)12(9-1-3-13(19)14(20)5-9)8-22(15)16(23)7-21-17(24)25/h1-6,8,21H,7H2,(H,24,25). The number of carboxylic acid groups (broad SMARTS) is 1. The SMILES string of the molecule is O=C(O)NCC(=O)n1cc(-c2ccc(Cl)c(Cl)c2)c2cc(Cl)ccc21. The monoisotopic (exact) mass is 396 g/mol. The van der Waals surface area contributed by atoms with Crippen molar-refractivity contribution in [2.45, 2.75) is 0 Å². The fraction of sp³-hybridized carbons (Fsp3) is 0.0588. The smallest absolute Gasteiger partial charge is 0.405 e. The first-order valence-corrected chi connectivity index (χ1v) is 8.26. The summed E-state index contributed by atoms with van der Waals surface area (Å²) in [5, 5.41) is 12.8. The first-order valence-electron chi connectivity index (χ1n) is 7.13. The second kappa shape index (κ2) is 6.96. The minimum Gasteiger partial charge on any atom is -0.465 e. The number of carbonyl (C=O) groups excluding carboxylic acids is 1. The number of fused-ring (bicyclic) bond motifs is 1. The number of rotatable bonds is 3. The molecule has 0 radical (unpaired) electrons. The zero-order chi connectivity index (χ0) is 18.1. The summed E-state index contributed by atoms with van der Waals surface area (Å²) in [6.45, 7) is -0.345. The number of nitrogens with one attached hydrogen (secondary N) is 1. The lowest BCUT2D eigenvalue weighted by Crippen LogP contribution is -2.30. The third-order valence-corrected chi connectivity index (χ3v) is 4.63. The highest BCUT2D eigenvalue weighted by Crippen LogP contribution is 2.35. The van der Waals surface area contributed by atoms with Gasteiger partial charge in [-0.25, -0.2) is 4.79 Å². The van der Waals surface area contributed by atoms with E-state index in [2.05, 4.69) is 5.32 Å². The van der Waals surface area contributed by atoms with Crippen LogP contribution in [0.3, 0.4) is 0 Å². The van der Waals surface area contributed by atoms with Crippen molar-refractivity contribution < 1.29 is 14.7 Å². The van der Waals surface area contributed by atoms with Crippen LogP contribution >= 0.6 is 34.8 Å². The molecular formula is C17H11Cl3N2O3. The minimum absolute atomic E-state index is 0.345. The van der Waals surface area contributed by atoms with Gasteiger partial charge in [0, 0.05) is 22.2 Å². The lowest BCUT2D eigenvalue weighted by atomic mass is 10.1. The topological polar surface area (TPSA) is 71.3 Å². The Morgan fingerprint density at radius 3 is 2.48 bits per heavy atom. The van der Waals surface area contributed by atoms with E-state index >= 15 is 0 Å². The van der Waals surface area contributed by atoms with Gasteiger partial charge in [-0.1, -0.05) is 40.9 Å². The predicted molar refractivity (Wildman–Crippen MR) is 99.1 cm³/mol. The molecule has 25 heavy (non-hydrogen) atoms. The fourth-order valence-electron chi connectivity index (χ4n) is 2.54. The highest BCUT2D eigenvalue weighted by molar-refractivity contribution is 6.42. The lowest BCUT2D eigenvalue weighted by molar-refractivity contribution is 0.0914. The average Bonchev–Trinajstić information content (AvgIpc) is 2.94. The molecule has 0 aliphatic carbocycles. The van der Waals surface area contributed by atoms with E-state index < -0.39 is 12.0 Å². The number of hydrogen-bond acceptors (Lipinski definition) is 2. The lowest BCUT2D eigenvalue weighted by Gasteiger charge is -2.03. The van der Waals surface area contributed by atoms with Crippen molar-refractivity contribution in [1.82, 2.24) is 9.88 Å². The van der Waals surface area contributed by atoms with Crippen LogP contribution in [0.5, 0.6) is 0 Å². The number of nitrogens with zero attached hydrogens (tertiary/aromatic N) is 1. The molecule has 0 fully saturated rings. The van der Waals surface area contributed by atoms with Gasteiger partial charge in [0.25, 0.3) is 5.91 Å². The maximum absolute atomic E-state index is 12.4. The number of hydrogen-bond donors (Lipinski definition) is 2. The summed E-state index contributed by atoms with van der Waals surface area (Å²) in [6, 6.07) is 10.3. The van der Waals surface area contributed by atoms with Crippen LogP contribution in [-0.4, -0.2) is 28.2 Å². The summed E-state index contributed by atoms with van der Waals surface area (Å²) in [4.78, 5) is 23.0. The quantitative estimate of drug-likeness (QED) is 0.640. The molecule has 8 heteroatoms. The average molecular weight is 398 g/mol. The maximum atomic E-state index is 12.4. The molecule has 1 aromatic heterocycles. The normalized spacial score (nSPS) is 10.8. The molecule has 0 spiro atoms. The molecule has 5 nitrogen and oxygen atoms in total. The van der Waals surface area contributed by atoms with Gasteiger partial charge in [0.2, 0.25) is 0 Å². The first kappa shape index (κ1) is 17.6. The molecule has 1 heterocycles. The van der Waals surface area contributed by atoms with Gasteiger partial charge in [0.1, 0.15) is 6.54 Å². The fourth-order valence-corrected chi connectivity index (χ4v) is 3.01. The maximum Gasteiger partial charge on any atom is 0.405 e. The van der Waals surface area contributed by atoms with Gasteiger partial charge < -0.3 is 10.4 Å². The number of halogens is 3. The van der Waals surface area contributed by atoms with E-state index in [1.807, 2.05) is 0 Å². The zero-order valence-electron chi connectivity index (χ0n) is 12.6. The Kier molecular flexibility index (Phi) is 4.90. The molecule has 2 N–H and O–H groups in total. The van der Waals surface area contributed by atoms with Gasteiger partial charge in [-0.3, -0.25) is 9.36 Å². The summed E-state index contributed by atoms with van der Waals surface area (Å²) < 4.78 is 1.39. The molecule has 0 saturated heterocycles. The van der Waals surface area contributed by atoms with E-state index in [-0.39, 0.29) is 6.54 Å². The van der Waals surface area contributed by atoms with Crippen molar-refractivity contribution in [1.29, 1.82) is 0 Å². The van der Waals surface area contributed by atoms with Crippen LogP contribution in [0, 0.1) is 0 Å². The largest absolute Gasteiger partial charge is 0.465 e. The van der Waals surface area contributed by atoms with E-state index in [0.717, 1.165) is 16.5 Å². The Morgan fingerprint density at radius 1 is 1.04 bits per heavy atom. The Hall–Kier alpha value is -2.21. The molecule has 0 atom stereocenters. The Labute approximate surface area is 157 Å². The number of aromatic nitrogens is 1. The van der Waals surface area contributed by atoms with Gasteiger partial charge in [-0.2, -0.15) is 0 Å². The molecular weight excluding hydrogens is 387 g/mol. The van der Waals surface area contributed by atoms with Crippen LogP contribution in [0.4, 0.5) is 4.79 Å². The third kappa shape index (κ3) is 3.58. The van der Waals surface area contributed by atoms with E-state index in [1.165, 1.54) is 4.57 Å². The summed E-state index contributed by atoms with van der Waals surface area (Å²) in [6.07, 6.45) is 0.365. The third-order valence-electron chi connectivity index (χ3n) is 3.66. The second-order valence-corrected chi connectivity index (χ2v) is 6.51. The van der Waals surface area contributed by atoms with Crippen molar-refractivity contribution in [3.05, 3.63) is 57.7 Å². The van der Waals surface area contributed by atoms with Crippen LogP contribution < -0.4 is 5.32 Å². The second-order valence-electron chi connectivity index (χ2n) is 5.26. The highest BCUT2D eigenvalue weighted by Gasteiger charge is 2.16. The summed E-state index contributed by atoms with van der Waals surface area (Å²) >= 11 is 18.1. The minimum atomic E-state index is -1.27. The predicted octanol–water partition coefficient (Wildman–Crippen LogP) is 5.18. The summed E-state index contributed by atoms with van der Waals surface area (Å²) in [5.41, 5.74) is 2.11. The highest BCUT2D eigenvalue weighted by atomic mass is 35.5. The van der Waals surface area contributed by atoms with Crippen molar-refractivity contribution in [2.24, 2.45) is 0 Å². The van der Waals surface area contributed by atoms with Gasteiger partial charge >= 0.3 is 6.09 Å². The van der Waals surface area contributed by atoms with E-state index in [1.54, 1.807) is 42.6 Å². The van der Waals surface area contributed by atoms with Crippen LogP contribution in [0.2, 0.25) is 15.1 Å². The number of amides is 1. The van der Waals surface area contributed by atoms with Crippen LogP contribution in [0.15, 0.2) is 42.6 Å². The van der Waals surface area contributed by atoms with Crippen LogP contribution in [-0.2, 0) is 0 Å². The Balaban J connectivity index is 2.15. The Morgan fingerprint density at radius 2 is 1.80 bits per heavy atom. The van der Waals surface area contributed by atoms with Gasteiger partial charge in [0.15, 0.2) is 0 Å². The van der Waals surface area contributed by atoms with E-state index in [4.69, 9.17) is 39.9 Å². The Bertz CT molecular complexity index is 998. The van der Waals surface area contributed by atoms with Crippen LogP contribution in [0.1, 0.15) is 4.79 Å². The number of carbonyl (C=O) groups is 2. The molecule has 128 valence electrons. The van der Waals surface area contributed by atoms with Crippen molar-refractivity contribution in [3.63, 3.8) is 0 Å². The van der Waals surface area contributed by atoms with Crippen molar-refractivity contribution in [3.8, 4) is 11.1 Å². The molecule has 2 aromatic carbocycles. The first-order chi connectivity index (χ1) is 11.9. The molecule has 0 saturated carbocycles. The molecule has 0 unspecified atom stereocenters.